The van der Waals surface area contributed by atoms with Crippen molar-refractivity contribution in [3.8, 4) is 0 Å². The van der Waals surface area contributed by atoms with Gasteiger partial charge in [-0.15, -0.1) is 11.3 Å². The van der Waals surface area contributed by atoms with Crippen LogP contribution in [0.25, 0.3) is 0 Å². The van der Waals surface area contributed by atoms with Crippen LogP contribution in [0.4, 0.5) is 0 Å². The maximum absolute atomic E-state index is 6.00. The topological polar surface area (TPSA) is 21.3 Å². The zero-order valence-corrected chi connectivity index (χ0v) is 13.5. The van der Waals surface area contributed by atoms with E-state index in [-0.39, 0.29) is 0 Å². The Balaban J connectivity index is 1.57. The van der Waals surface area contributed by atoms with Crippen molar-refractivity contribution in [1.29, 1.82) is 0 Å². The monoisotopic (exact) mass is 293 g/mol. The molecule has 1 N–H and O–H groups in total. The van der Waals surface area contributed by atoms with Crippen molar-refractivity contribution in [3.05, 3.63) is 22.4 Å². The fourth-order valence-electron chi connectivity index (χ4n) is 4.25. The summed E-state index contributed by atoms with van der Waals surface area (Å²) < 4.78 is 6.00. The number of nitrogens with one attached hydrogen (secondary N) is 1. The molecule has 3 unspecified atom stereocenters. The highest BCUT2D eigenvalue weighted by atomic mass is 32.1. The van der Waals surface area contributed by atoms with E-state index in [0.29, 0.717) is 23.6 Å². The van der Waals surface area contributed by atoms with Gasteiger partial charge in [0.05, 0.1) is 6.10 Å². The summed E-state index contributed by atoms with van der Waals surface area (Å²) in [5, 5.41) is 6.08. The molecule has 0 aliphatic heterocycles. The SMILES string of the molecule is CCOC1CC(NC(C)Cc2cccs2)C12CCCC2. The Bertz CT molecular complexity index is 411. The molecule has 3 heteroatoms. The highest BCUT2D eigenvalue weighted by molar-refractivity contribution is 7.09. The van der Waals surface area contributed by atoms with Crippen LogP contribution in [0.3, 0.4) is 0 Å². The fourth-order valence-corrected chi connectivity index (χ4v) is 5.09. The van der Waals surface area contributed by atoms with Gasteiger partial charge in [0.2, 0.25) is 0 Å². The van der Waals surface area contributed by atoms with E-state index in [1.807, 2.05) is 11.3 Å². The summed E-state index contributed by atoms with van der Waals surface area (Å²) in [5.41, 5.74) is 0.458. The molecular formula is C17H27NOS. The molecule has 2 fully saturated rings. The predicted molar refractivity (Wildman–Crippen MR) is 85.3 cm³/mol. The molecule has 3 atom stereocenters. The molecule has 0 radical (unpaired) electrons. The lowest BCUT2D eigenvalue weighted by Crippen LogP contribution is -2.64. The summed E-state index contributed by atoms with van der Waals surface area (Å²) in [6.07, 6.45) is 8.39. The van der Waals surface area contributed by atoms with Crippen molar-refractivity contribution in [3.63, 3.8) is 0 Å². The molecule has 2 saturated carbocycles. The minimum Gasteiger partial charge on any atom is -0.378 e. The van der Waals surface area contributed by atoms with Crippen molar-refractivity contribution in [2.24, 2.45) is 5.41 Å². The van der Waals surface area contributed by atoms with E-state index >= 15 is 0 Å². The standard InChI is InChI=1S/C17H27NOS/c1-3-19-16-12-15(17(16)8-4-5-9-17)18-13(2)11-14-7-6-10-20-14/h6-7,10,13,15-16,18H,3-5,8-9,11-12H2,1-2H3. The highest BCUT2D eigenvalue weighted by Crippen LogP contribution is 2.54. The minimum absolute atomic E-state index is 0.458. The highest BCUT2D eigenvalue weighted by Gasteiger charge is 2.56. The lowest BCUT2D eigenvalue weighted by Gasteiger charge is -2.55. The van der Waals surface area contributed by atoms with Crippen molar-refractivity contribution in [2.75, 3.05) is 6.61 Å². The quantitative estimate of drug-likeness (QED) is 0.856. The summed E-state index contributed by atoms with van der Waals surface area (Å²) >= 11 is 1.87. The van der Waals surface area contributed by atoms with Gasteiger partial charge in [0.25, 0.3) is 0 Å². The van der Waals surface area contributed by atoms with E-state index in [1.54, 1.807) is 0 Å². The van der Waals surface area contributed by atoms with E-state index in [4.69, 9.17) is 4.74 Å². The third-order valence-corrected chi connectivity index (χ3v) is 6.16. The molecule has 1 aromatic heterocycles. The van der Waals surface area contributed by atoms with Gasteiger partial charge < -0.3 is 10.1 Å². The first-order valence-electron chi connectivity index (χ1n) is 8.14. The molecule has 112 valence electrons. The van der Waals surface area contributed by atoms with Crippen molar-refractivity contribution in [2.45, 2.75) is 70.6 Å². The van der Waals surface area contributed by atoms with Gasteiger partial charge in [0.15, 0.2) is 0 Å². The lowest BCUT2D eigenvalue weighted by atomic mass is 9.60. The first-order chi connectivity index (χ1) is 9.74. The van der Waals surface area contributed by atoms with E-state index in [9.17, 15) is 0 Å². The first-order valence-corrected chi connectivity index (χ1v) is 9.02. The molecule has 0 amide bonds. The Hall–Kier alpha value is -0.380. The lowest BCUT2D eigenvalue weighted by molar-refractivity contribution is -0.132. The number of thiophene rings is 1. The second-order valence-electron chi connectivity index (χ2n) is 6.52. The van der Waals surface area contributed by atoms with Gasteiger partial charge in [-0.2, -0.15) is 0 Å². The van der Waals surface area contributed by atoms with Crippen LogP contribution in [0.5, 0.6) is 0 Å². The molecule has 1 heterocycles. The maximum Gasteiger partial charge on any atom is 0.0661 e. The predicted octanol–water partition coefficient (Wildman–Crippen LogP) is 4.01. The van der Waals surface area contributed by atoms with Crippen molar-refractivity contribution < 1.29 is 4.74 Å². The summed E-state index contributed by atoms with van der Waals surface area (Å²) in [7, 11) is 0. The molecule has 0 saturated heterocycles. The van der Waals surface area contributed by atoms with Crippen molar-refractivity contribution in [1.82, 2.24) is 5.32 Å². The molecule has 2 nitrogen and oxygen atoms in total. The molecule has 1 spiro atoms. The Morgan fingerprint density at radius 3 is 2.90 bits per heavy atom. The molecule has 0 aromatic carbocycles. The normalized spacial score (nSPS) is 29.5. The Kier molecular flexibility index (Phi) is 4.49. The average Bonchev–Trinajstić information content (AvgIpc) is 3.09. The van der Waals surface area contributed by atoms with Crippen molar-refractivity contribution >= 4 is 11.3 Å². The van der Waals surface area contributed by atoms with Gasteiger partial charge in [0.1, 0.15) is 0 Å². The molecule has 2 aliphatic rings. The summed E-state index contributed by atoms with van der Waals surface area (Å²) in [5.74, 6) is 0. The second kappa shape index (κ2) is 6.17. The Morgan fingerprint density at radius 1 is 1.45 bits per heavy atom. The molecule has 2 aliphatic carbocycles. The van der Waals surface area contributed by atoms with Crippen LogP contribution in [-0.2, 0) is 11.2 Å². The smallest absolute Gasteiger partial charge is 0.0661 e. The van der Waals surface area contributed by atoms with Gasteiger partial charge >= 0.3 is 0 Å². The fraction of sp³-hybridized carbons (Fsp3) is 0.765. The maximum atomic E-state index is 6.00. The number of rotatable bonds is 6. The number of hydrogen-bond donors (Lipinski definition) is 1. The van der Waals surface area contributed by atoms with Crippen LogP contribution in [0.2, 0.25) is 0 Å². The van der Waals surface area contributed by atoms with Gasteiger partial charge in [-0.05, 0) is 51.0 Å². The summed E-state index contributed by atoms with van der Waals surface area (Å²) in [6, 6.07) is 5.65. The number of hydrogen-bond acceptors (Lipinski definition) is 3. The average molecular weight is 293 g/mol. The first kappa shape index (κ1) is 14.6. The third kappa shape index (κ3) is 2.68. The third-order valence-electron chi connectivity index (χ3n) is 5.26. The van der Waals surface area contributed by atoms with E-state index < -0.39 is 0 Å². The molecule has 20 heavy (non-hydrogen) atoms. The Morgan fingerprint density at radius 2 is 2.25 bits per heavy atom. The largest absolute Gasteiger partial charge is 0.378 e. The van der Waals surface area contributed by atoms with Crippen LogP contribution in [0.15, 0.2) is 17.5 Å². The van der Waals surface area contributed by atoms with Crippen LogP contribution < -0.4 is 5.32 Å². The molecule has 1 aromatic rings. The van der Waals surface area contributed by atoms with E-state index in [1.165, 1.54) is 37.0 Å². The van der Waals surface area contributed by atoms with Gasteiger partial charge in [-0.3, -0.25) is 0 Å². The second-order valence-corrected chi connectivity index (χ2v) is 7.56. The van der Waals surface area contributed by atoms with Gasteiger partial charge in [0, 0.05) is 29.0 Å². The molecule has 3 rings (SSSR count). The van der Waals surface area contributed by atoms with Gasteiger partial charge in [-0.25, -0.2) is 0 Å². The Labute approximate surface area is 126 Å². The van der Waals surface area contributed by atoms with E-state index in [2.05, 4.69) is 36.7 Å². The van der Waals surface area contributed by atoms with Crippen LogP contribution in [0.1, 0.15) is 50.8 Å². The molecular weight excluding hydrogens is 266 g/mol. The van der Waals surface area contributed by atoms with E-state index in [0.717, 1.165) is 13.0 Å². The number of ether oxygens (including phenoxy) is 1. The zero-order valence-electron chi connectivity index (χ0n) is 12.7. The van der Waals surface area contributed by atoms with Crippen LogP contribution >= 0.6 is 11.3 Å². The van der Waals surface area contributed by atoms with Gasteiger partial charge in [-0.1, -0.05) is 18.9 Å². The van der Waals surface area contributed by atoms with Crippen LogP contribution in [0, 0.1) is 5.41 Å². The van der Waals surface area contributed by atoms with Crippen LogP contribution in [-0.4, -0.2) is 24.8 Å². The summed E-state index contributed by atoms with van der Waals surface area (Å²) in [4.78, 5) is 1.49. The zero-order chi connectivity index (χ0) is 14.0. The molecule has 0 bridgehead atoms. The minimum atomic E-state index is 0.458. The summed E-state index contributed by atoms with van der Waals surface area (Å²) in [6.45, 7) is 5.32.